The van der Waals surface area contributed by atoms with Crippen LogP contribution < -0.4 is 10.6 Å². The lowest BCUT2D eigenvalue weighted by Crippen LogP contribution is -2.34. The Morgan fingerprint density at radius 3 is 2.33 bits per heavy atom. The summed E-state index contributed by atoms with van der Waals surface area (Å²) in [6, 6.07) is 0.531. The van der Waals surface area contributed by atoms with Crippen molar-refractivity contribution in [2.24, 2.45) is 5.92 Å². The SMILES string of the molecule is CNCC(CCO)CNC(C)C. The number of hydrogen-bond donors (Lipinski definition) is 3. The molecule has 1 atom stereocenters. The lowest BCUT2D eigenvalue weighted by Gasteiger charge is -2.17. The van der Waals surface area contributed by atoms with Gasteiger partial charge >= 0.3 is 0 Å². The Labute approximate surface area is 75.6 Å². The van der Waals surface area contributed by atoms with Crippen LogP contribution in [0.1, 0.15) is 20.3 Å². The van der Waals surface area contributed by atoms with Gasteiger partial charge in [-0.15, -0.1) is 0 Å². The normalized spacial score (nSPS) is 13.8. The second-order valence-corrected chi connectivity index (χ2v) is 3.50. The molecule has 0 saturated heterocycles. The fraction of sp³-hybridized carbons (Fsp3) is 1.00. The minimum atomic E-state index is 0.284. The van der Waals surface area contributed by atoms with Gasteiger partial charge in [-0.25, -0.2) is 0 Å². The molecule has 0 rings (SSSR count). The highest BCUT2D eigenvalue weighted by atomic mass is 16.3. The maximum absolute atomic E-state index is 8.77. The van der Waals surface area contributed by atoms with E-state index >= 15 is 0 Å². The number of rotatable bonds is 7. The van der Waals surface area contributed by atoms with Crippen molar-refractivity contribution >= 4 is 0 Å². The summed E-state index contributed by atoms with van der Waals surface area (Å²) in [6.07, 6.45) is 0.876. The molecule has 0 saturated carbocycles. The topological polar surface area (TPSA) is 44.3 Å². The third-order valence-electron chi connectivity index (χ3n) is 1.84. The van der Waals surface area contributed by atoms with E-state index in [2.05, 4.69) is 24.5 Å². The molecule has 0 aliphatic carbocycles. The second-order valence-electron chi connectivity index (χ2n) is 3.50. The zero-order valence-corrected chi connectivity index (χ0v) is 8.43. The van der Waals surface area contributed by atoms with Gasteiger partial charge in [0.05, 0.1) is 0 Å². The average Bonchev–Trinajstić information content (AvgIpc) is 2.01. The van der Waals surface area contributed by atoms with Crippen molar-refractivity contribution in [2.45, 2.75) is 26.3 Å². The van der Waals surface area contributed by atoms with Gasteiger partial charge in [-0.05, 0) is 32.5 Å². The Hall–Kier alpha value is -0.120. The van der Waals surface area contributed by atoms with E-state index in [1.165, 1.54) is 0 Å². The van der Waals surface area contributed by atoms with Gasteiger partial charge in [0, 0.05) is 12.6 Å². The molecule has 0 radical (unpaired) electrons. The Bertz CT molecular complexity index is 90.5. The molecule has 0 aromatic heterocycles. The standard InChI is InChI=1S/C9H22N2O/c1-8(2)11-7-9(4-5-12)6-10-3/h8-12H,4-7H2,1-3H3. The first kappa shape index (κ1) is 11.9. The first-order valence-electron chi connectivity index (χ1n) is 4.69. The van der Waals surface area contributed by atoms with Gasteiger partial charge < -0.3 is 15.7 Å². The molecule has 0 aromatic rings. The molecule has 0 aliphatic heterocycles. The smallest absolute Gasteiger partial charge is 0.0434 e. The van der Waals surface area contributed by atoms with Crippen LogP contribution in [0, 0.1) is 5.92 Å². The van der Waals surface area contributed by atoms with Crippen molar-refractivity contribution < 1.29 is 5.11 Å². The summed E-state index contributed by atoms with van der Waals surface area (Å²) >= 11 is 0. The molecule has 0 spiro atoms. The highest BCUT2D eigenvalue weighted by Crippen LogP contribution is 1.99. The number of aliphatic hydroxyl groups excluding tert-OH is 1. The van der Waals surface area contributed by atoms with Crippen LogP contribution in [0.2, 0.25) is 0 Å². The van der Waals surface area contributed by atoms with Crippen LogP contribution in [0.5, 0.6) is 0 Å². The molecule has 0 fully saturated rings. The molecule has 0 bridgehead atoms. The quantitative estimate of drug-likeness (QED) is 0.517. The molecule has 1 unspecified atom stereocenters. The fourth-order valence-electron chi connectivity index (χ4n) is 1.15. The molecule has 3 nitrogen and oxygen atoms in total. The molecular weight excluding hydrogens is 152 g/mol. The highest BCUT2D eigenvalue weighted by Gasteiger charge is 2.06. The van der Waals surface area contributed by atoms with Gasteiger partial charge in [-0.2, -0.15) is 0 Å². The summed E-state index contributed by atoms with van der Waals surface area (Å²) < 4.78 is 0. The maximum atomic E-state index is 8.77. The molecule has 0 amide bonds. The van der Waals surface area contributed by atoms with Crippen LogP contribution in [-0.4, -0.2) is 37.9 Å². The van der Waals surface area contributed by atoms with Gasteiger partial charge in [-0.1, -0.05) is 13.8 Å². The zero-order chi connectivity index (χ0) is 9.40. The van der Waals surface area contributed by atoms with Crippen LogP contribution in [0.15, 0.2) is 0 Å². The summed E-state index contributed by atoms with van der Waals surface area (Å²) in [7, 11) is 1.94. The molecule has 0 aromatic carbocycles. The highest BCUT2D eigenvalue weighted by molar-refractivity contribution is 4.65. The maximum Gasteiger partial charge on any atom is 0.0434 e. The van der Waals surface area contributed by atoms with Crippen LogP contribution in [0.3, 0.4) is 0 Å². The van der Waals surface area contributed by atoms with Crippen molar-refractivity contribution in [1.82, 2.24) is 10.6 Å². The Morgan fingerprint density at radius 2 is 1.92 bits per heavy atom. The van der Waals surface area contributed by atoms with E-state index in [9.17, 15) is 0 Å². The van der Waals surface area contributed by atoms with Gasteiger partial charge in [0.1, 0.15) is 0 Å². The van der Waals surface area contributed by atoms with Gasteiger partial charge in [0.2, 0.25) is 0 Å². The van der Waals surface area contributed by atoms with E-state index in [0.29, 0.717) is 12.0 Å². The summed E-state index contributed by atoms with van der Waals surface area (Å²) in [5, 5.41) is 15.3. The van der Waals surface area contributed by atoms with Crippen LogP contribution in [0.25, 0.3) is 0 Å². The van der Waals surface area contributed by atoms with E-state index in [4.69, 9.17) is 5.11 Å². The minimum Gasteiger partial charge on any atom is -0.396 e. The fourth-order valence-corrected chi connectivity index (χ4v) is 1.15. The minimum absolute atomic E-state index is 0.284. The van der Waals surface area contributed by atoms with E-state index in [0.717, 1.165) is 19.5 Å². The first-order chi connectivity index (χ1) is 5.70. The van der Waals surface area contributed by atoms with Gasteiger partial charge in [-0.3, -0.25) is 0 Å². The van der Waals surface area contributed by atoms with Crippen molar-refractivity contribution in [1.29, 1.82) is 0 Å². The van der Waals surface area contributed by atoms with E-state index in [1.807, 2.05) is 7.05 Å². The van der Waals surface area contributed by atoms with Gasteiger partial charge in [0.25, 0.3) is 0 Å². The first-order valence-corrected chi connectivity index (χ1v) is 4.69. The molecule has 3 N–H and O–H groups in total. The molecule has 3 heteroatoms. The number of hydrogen-bond acceptors (Lipinski definition) is 3. The summed E-state index contributed by atoms with van der Waals surface area (Å²) in [5.74, 6) is 0.544. The number of nitrogens with one attached hydrogen (secondary N) is 2. The third-order valence-corrected chi connectivity index (χ3v) is 1.84. The van der Waals surface area contributed by atoms with Crippen LogP contribution in [-0.2, 0) is 0 Å². The van der Waals surface area contributed by atoms with Crippen molar-refractivity contribution in [2.75, 3.05) is 26.7 Å². The predicted molar refractivity (Wildman–Crippen MR) is 52.3 cm³/mol. The van der Waals surface area contributed by atoms with Crippen LogP contribution in [0.4, 0.5) is 0 Å². The molecule has 12 heavy (non-hydrogen) atoms. The Kier molecular flexibility index (Phi) is 7.45. The Morgan fingerprint density at radius 1 is 1.25 bits per heavy atom. The largest absolute Gasteiger partial charge is 0.396 e. The summed E-state index contributed by atoms with van der Waals surface area (Å²) in [4.78, 5) is 0. The monoisotopic (exact) mass is 174 g/mol. The van der Waals surface area contributed by atoms with E-state index in [-0.39, 0.29) is 6.61 Å². The van der Waals surface area contributed by atoms with E-state index < -0.39 is 0 Å². The second kappa shape index (κ2) is 7.53. The lowest BCUT2D eigenvalue weighted by molar-refractivity contribution is 0.250. The lowest BCUT2D eigenvalue weighted by atomic mass is 10.1. The average molecular weight is 174 g/mol. The predicted octanol–water partition coefficient (Wildman–Crippen LogP) is 0.202. The number of aliphatic hydroxyl groups is 1. The Balaban J connectivity index is 3.48. The molecule has 74 valence electrons. The summed E-state index contributed by atoms with van der Waals surface area (Å²) in [6.45, 7) is 6.51. The zero-order valence-electron chi connectivity index (χ0n) is 8.43. The van der Waals surface area contributed by atoms with E-state index in [1.54, 1.807) is 0 Å². The van der Waals surface area contributed by atoms with Gasteiger partial charge in [0.15, 0.2) is 0 Å². The molecule has 0 heterocycles. The molecule has 0 aliphatic rings. The van der Waals surface area contributed by atoms with Crippen LogP contribution >= 0.6 is 0 Å². The van der Waals surface area contributed by atoms with Crippen molar-refractivity contribution in [3.05, 3.63) is 0 Å². The third kappa shape index (κ3) is 6.58. The molecular formula is C9H22N2O. The van der Waals surface area contributed by atoms with Crippen molar-refractivity contribution in [3.8, 4) is 0 Å². The summed E-state index contributed by atoms with van der Waals surface area (Å²) in [5.41, 5.74) is 0. The van der Waals surface area contributed by atoms with Crippen molar-refractivity contribution in [3.63, 3.8) is 0 Å².